The highest BCUT2D eigenvalue weighted by atomic mass is 79.9. The average molecular weight is 433 g/mol. The molecule has 0 saturated heterocycles. The van der Waals surface area contributed by atoms with Gasteiger partial charge in [-0.05, 0) is 74.2 Å². The molecule has 0 saturated carbocycles. The van der Waals surface area contributed by atoms with Crippen LogP contribution in [-0.2, 0) is 11.8 Å². The molecular weight excluding hydrogens is 416 g/mol. The molecule has 0 atom stereocenters. The molecule has 0 unspecified atom stereocenters. The van der Waals surface area contributed by atoms with Gasteiger partial charge in [-0.3, -0.25) is 0 Å². The van der Waals surface area contributed by atoms with E-state index >= 15 is 0 Å². The van der Waals surface area contributed by atoms with Crippen molar-refractivity contribution in [3.8, 4) is 11.1 Å². The summed E-state index contributed by atoms with van der Waals surface area (Å²) in [6, 6.07) is 33.9. The summed E-state index contributed by atoms with van der Waals surface area (Å²) < 4.78 is 1.15. The van der Waals surface area contributed by atoms with Gasteiger partial charge in [0.25, 0.3) is 0 Å². The zero-order chi connectivity index (χ0) is 19.2. The van der Waals surface area contributed by atoms with Crippen molar-refractivity contribution in [1.82, 2.24) is 0 Å². The molecule has 0 nitrogen and oxygen atoms in total. The van der Waals surface area contributed by atoms with Crippen LogP contribution in [0, 0.1) is 0 Å². The predicted molar refractivity (Wildman–Crippen MR) is 123 cm³/mol. The molecule has 29 heavy (non-hydrogen) atoms. The Labute approximate surface area is 178 Å². The van der Waals surface area contributed by atoms with E-state index in [1.807, 2.05) is 0 Å². The summed E-state index contributed by atoms with van der Waals surface area (Å²) in [5.41, 5.74) is 14.0. The molecule has 0 aromatic heterocycles. The Bertz CT molecular complexity index is 1340. The van der Waals surface area contributed by atoms with Crippen molar-refractivity contribution in [3.05, 3.63) is 129 Å². The van der Waals surface area contributed by atoms with E-state index < -0.39 is 0 Å². The van der Waals surface area contributed by atoms with Gasteiger partial charge in [0.1, 0.15) is 0 Å². The van der Waals surface area contributed by atoms with Gasteiger partial charge >= 0.3 is 0 Å². The van der Waals surface area contributed by atoms with Gasteiger partial charge in [-0.2, -0.15) is 0 Å². The van der Waals surface area contributed by atoms with Gasteiger partial charge in [0.2, 0.25) is 0 Å². The fraction of sp³-hybridized carbons (Fsp3) is 0.0714. The van der Waals surface area contributed by atoms with Crippen LogP contribution in [0.1, 0.15) is 33.4 Å². The first-order valence-electron chi connectivity index (χ1n) is 10.1. The average Bonchev–Trinajstić information content (AvgIpc) is 3.37. The van der Waals surface area contributed by atoms with Crippen molar-refractivity contribution in [2.24, 2.45) is 0 Å². The molecule has 1 spiro atoms. The van der Waals surface area contributed by atoms with E-state index in [-0.39, 0.29) is 5.41 Å². The first-order chi connectivity index (χ1) is 14.3. The fourth-order valence-electron chi connectivity index (χ4n) is 6.04. The van der Waals surface area contributed by atoms with Gasteiger partial charge in [0.15, 0.2) is 0 Å². The minimum atomic E-state index is -0.228. The van der Waals surface area contributed by atoms with Crippen molar-refractivity contribution in [1.29, 1.82) is 0 Å². The molecule has 136 valence electrons. The van der Waals surface area contributed by atoms with Gasteiger partial charge in [0, 0.05) is 4.47 Å². The second kappa shape index (κ2) is 5.37. The molecule has 4 aromatic rings. The molecule has 0 heterocycles. The smallest absolute Gasteiger partial charge is 0.0619 e. The van der Waals surface area contributed by atoms with E-state index in [4.69, 9.17) is 0 Å². The number of rotatable bonds is 0. The lowest BCUT2D eigenvalue weighted by atomic mass is 9.68. The zero-order valence-electron chi connectivity index (χ0n) is 15.7. The number of hydrogen-bond donors (Lipinski definition) is 0. The maximum Gasteiger partial charge on any atom is 0.0728 e. The summed E-state index contributed by atoms with van der Waals surface area (Å²) in [7, 11) is 0. The molecule has 0 aliphatic heterocycles. The Morgan fingerprint density at radius 3 is 1.93 bits per heavy atom. The molecular formula is C28H17Br. The molecule has 3 aliphatic carbocycles. The van der Waals surface area contributed by atoms with Crippen molar-refractivity contribution in [2.45, 2.75) is 11.8 Å². The van der Waals surface area contributed by atoms with Gasteiger partial charge < -0.3 is 0 Å². The maximum absolute atomic E-state index is 3.77. The Morgan fingerprint density at radius 1 is 0.586 bits per heavy atom. The fourth-order valence-corrected chi connectivity index (χ4v) is 6.40. The zero-order valence-corrected chi connectivity index (χ0v) is 17.3. The second-order valence-corrected chi connectivity index (χ2v) is 9.13. The second-order valence-electron chi connectivity index (χ2n) is 8.22. The molecule has 1 heteroatoms. The number of halogens is 1. The lowest BCUT2D eigenvalue weighted by molar-refractivity contribution is 0.841. The summed E-state index contributed by atoms with van der Waals surface area (Å²) in [6.45, 7) is 0. The highest BCUT2D eigenvalue weighted by molar-refractivity contribution is 9.10. The van der Waals surface area contributed by atoms with Crippen molar-refractivity contribution < 1.29 is 0 Å². The highest BCUT2D eigenvalue weighted by Crippen LogP contribution is 2.66. The standard InChI is InChI=1S/C28H17Br/c29-18-13-14-22-23-15-17-7-1-2-8-19(17)27(23)28(26(22)16-18)24-11-5-3-9-20(24)21-10-4-6-12-25(21)28/h1-14,16H,15H2. The topological polar surface area (TPSA) is 0 Å². The lowest BCUT2D eigenvalue weighted by Gasteiger charge is -2.33. The van der Waals surface area contributed by atoms with Crippen LogP contribution >= 0.6 is 15.9 Å². The quantitative estimate of drug-likeness (QED) is 0.274. The number of fused-ring (bicyclic) bond motifs is 11. The van der Waals surface area contributed by atoms with Crippen LogP contribution in [0.4, 0.5) is 0 Å². The molecule has 0 N–H and O–H groups in total. The van der Waals surface area contributed by atoms with E-state index in [0.717, 1.165) is 10.9 Å². The highest BCUT2D eigenvalue weighted by Gasteiger charge is 2.54. The monoisotopic (exact) mass is 432 g/mol. The van der Waals surface area contributed by atoms with Crippen LogP contribution < -0.4 is 0 Å². The largest absolute Gasteiger partial charge is 0.0728 e. The Hall–Kier alpha value is -2.90. The lowest BCUT2D eigenvalue weighted by Crippen LogP contribution is -2.26. The molecule has 0 amide bonds. The van der Waals surface area contributed by atoms with Crippen molar-refractivity contribution in [2.75, 3.05) is 0 Å². The number of allylic oxidation sites excluding steroid dienone is 2. The molecule has 4 aromatic carbocycles. The summed E-state index contributed by atoms with van der Waals surface area (Å²) in [6.07, 6.45) is 1.02. The van der Waals surface area contributed by atoms with Crippen molar-refractivity contribution in [3.63, 3.8) is 0 Å². The Kier molecular flexibility index (Phi) is 2.96. The molecule has 0 radical (unpaired) electrons. The first kappa shape index (κ1) is 16.0. The van der Waals surface area contributed by atoms with Crippen molar-refractivity contribution >= 4 is 27.1 Å². The maximum atomic E-state index is 3.77. The van der Waals surface area contributed by atoms with Gasteiger partial charge in [-0.15, -0.1) is 0 Å². The van der Waals surface area contributed by atoms with E-state index in [9.17, 15) is 0 Å². The third-order valence-electron chi connectivity index (χ3n) is 6.99. The van der Waals surface area contributed by atoms with E-state index in [1.54, 1.807) is 0 Å². The summed E-state index contributed by atoms with van der Waals surface area (Å²) in [5, 5.41) is 0. The normalized spacial score (nSPS) is 16.4. The SMILES string of the molecule is Brc1ccc2c(c1)C1(C3=C2Cc2ccccc23)c2ccccc2-c2ccccc21. The minimum Gasteiger partial charge on any atom is -0.0619 e. The van der Waals surface area contributed by atoms with Crippen LogP contribution in [0.5, 0.6) is 0 Å². The summed E-state index contributed by atoms with van der Waals surface area (Å²) in [5.74, 6) is 0. The van der Waals surface area contributed by atoms with Gasteiger partial charge in [-0.1, -0.05) is 94.8 Å². The molecule has 0 bridgehead atoms. The Balaban J connectivity index is 1.71. The number of hydrogen-bond acceptors (Lipinski definition) is 0. The van der Waals surface area contributed by atoms with Crippen LogP contribution in [0.3, 0.4) is 0 Å². The molecule has 3 aliphatic rings. The van der Waals surface area contributed by atoms with Crippen LogP contribution in [-0.4, -0.2) is 0 Å². The van der Waals surface area contributed by atoms with Crippen LogP contribution in [0.2, 0.25) is 0 Å². The number of benzene rings is 4. The third kappa shape index (κ3) is 1.77. The minimum absolute atomic E-state index is 0.228. The third-order valence-corrected chi connectivity index (χ3v) is 7.49. The summed E-state index contributed by atoms with van der Waals surface area (Å²) in [4.78, 5) is 0. The Morgan fingerprint density at radius 2 is 1.21 bits per heavy atom. The predicted octanol–water partition coefficient (Wildman–Crippen LogP) is 7.24. The molecule has 0 fully saturated rings. The van der Waals surface area contributed by atoms with Crippen LogP contribution in [0.15, 0.2) is 95.5 Å². The summed E-state index contributed by atoms with van der Waals surface area (Å²) >= 11 is 3.77. The van der Waals surface area contributed by atoms with Crippen LogP contribution in [0.25, 0.3) is 22.3 Å². The van der Waals surface area contributed by atoms with Gasteiger partial charge in [-0.25, -0.2) is 0 Å². The van der Waals surface area contributed by atoms with E-state index in [2.05, 4.69) is 107 Å². The van der Waals surface area contributed by atoms with Gasteiger partial charge in [0.05, 0.1) is 5.41 Å². The van der Waals surface area contributed by atoms with E-state index in [1.165, 1.54) is 55.7 Å². The first-order valence-corrected chi connectivity index (χ1v) is 10.9. The van der Waals surface area contributed by atoms with E-state index in [0.29, 0.717) is 0 Å². The molecule has 7 rings (SSSR count).